The lowest BCUT2D eigenvalue weighted by Crippen LogP contribution is -2.54. The first-order chi connectivity index (χ1) is 10.1. The van der Waals surface area contributed by atoms with Crippen molar-refractivity contribution in [2.75, 3.05) is 0 Å². The lowest BCUT2D eigenvalue weighted by atomic mass is 9.48. The second kappa shape index (κ2) is 5.12. The van der Waals surface area contributed by atoms with Crippen LogP contribution in [-0.2, 0) is 6.54 Å². The van der Waals surface area contributed by atoms with Crippen LogP contribution in [0.1, 0.15) is 56.6 Å². The number of aryl methyl sites for hydroxylation is 1. The van der Waals surface area contributed by atoms with Crippen LogP contribution in [0.2, 0.25) is 0 Å². The maximum absolute atomic E-state index is 3.88. The standard InChI is InChI=1S/C20H29N/c1-14-4-3-5-16(6-14)13-21-15(2)20-10-17-7-18(11-20)9-19(8-17)12-20/h3-6,15,17-19,21H,7-13H2,1-2H3. The molecule has 5 rings (SSSR count). The molecule has 1 aromatic carbocycles. The minimum Gasteiger partial charge on any atom is -0.310 e. The van der Waals surface area contributed by atoms with Gasteiger partial charge >= 0.3 is 0 Å². The van der Waals surface area contributed by atoms with Gasteiger partial charge in [0.2, 0.25) is 0 Å². The average Bonchev–Trinajstić information content (AvgIpc) is 2.43. The van der Waals surface area contributed by atoms with Crippen LogP contribution in [-0.4, -0.2) is 6.04 Å². The Balaban J connectivity index is 1.44. The molecule has 1 aromatic rings. The van der Waals surface area contributed by atoms with Gasteiger partial charge in [0.15, 0.2) is 0 Å². The first kappa shape index (κ1) is 13.8. The normalized spacial score (nSPS) is 38.7. The lowest BCUT2D eigenvalue weighted by molar-refractivity contribution is -0.0706. The summed E-state index contributed by atoms with van der Waals surface area (Å²) in [6, 6.07) is 9.62. The molecule has 0 saturated heterocycles. The molecular formula is C20H29N. The van der Waals surface area contributed by atoms with Gasteiger partial charge in [-0.2, -0.15) is 0 Å². The van der Waals surface area contributed by atoms with Crippen molar-refractivity contribution in [2.45, 2.75) is 65.0 Å². The topological polar surface area (TPSA) is 12.0 Å². The van der Waals surface area contributed by atoms with Crippen LogP contribution in [0.25, 0.3) is 0 Å². The molecule has 0 spiro atoms. The van der Waals surface area contributed by atoms with Crippen molar-refractivity contribution >= 4 is 0 Å². The summed E-state index contributed by atoms with van der Waals surface area (Å²) >= 11 is 0. The molecular weight excluding hydrogens is 254 g/mol. The molecule has 4 aliphatic rings. The van der Waals surface area contributed by atoms with Gasteiger partial charge in [0.25, 0.3) is 0 Å². The zero-order valence-electron chi connectivity index (χ0n) is 13.6. The molecule has 4 bridgehead atoms. The van der Waals surface area contributed by atoms with Crippen LogP contribution in [0.5, 0.6) is 0 Å². The molecule has 0 aliphatic heterocycles. The molecule has 114 valence electrons. The van der Waals surface area contributed by atoms with Gasteiger partial charge in [-0.3, -0.25) is 0 Å². The fraction of sp³-hybridized carbons (Fsp3) is 0.700. The third-order valence-corrected chi connectivity index (χ3v) is 6.70. The van der Waals surface area contributed by atoms with E-state index in [0.29, 0.717) is 11.5 Å². The van der Waals surface area contributed by atoms with Crippen LogP contribution in [0, 0.1) is 30.1 Å². The van der Waals surface area contributed by atoms with E-state index in [-0.39, 0.29) is 0 Å². The van der Waals surface area contributed by atoms with Gasteiger partial charge in [-0.25, -0.2) is 0 Å². The number of nitrogens with one attached hydrogen (secondary N) is 1. The van der Waals surface area contributed by atoms with Crippen molar-refractivity contribution in [2.24, 2.45) is 23.2 Å². The molecule has 0 heterocycles. The maximum atomic E-state index is 3.88. The second-order valence-corrected chi connectivity index (χ2v) is 8.37. The molecule has 1 atom stereocenters. The largest absolute Gasteiger partial charge is 0.310 e. The van der Waals surface area contributed by atoms with Crippen LogP contribution < -0.4 is 5.32 Å². The average molecular weight is 283 g/mol. The minimum atomic E-state index is 0.624. The van der Waals surface area contributed by atoms with Crippen molar-refractivity contribution in [1.29, 1.82) is 0 Å². The van der Waals surface area contributed by atoms with Gasteiger partial charge in [0.1, 0.15) is 0 Å². The van der Waals surface area contributed by atoms with E-state index in [2.05, 4.69) is 43.4 Å². The van der Waals surface area contributed by atoms with E-state index in [9.17, 15) is 0 Å². The highest BCUT2D eigenvalue weighted by Gasteiger charge is 2.52. The Hall–Kier alpha value is -0.820. The van der Waals surface area contributed by atoms with Crippen LogP contribution in [0.4, 0.5) is 0 Å². The maximum Gasteiger partial charge on any atom is 0.0208 e. The number of hydrogen-bond donors (Lipinski definition) is 1. The molecule has 0 amide bonds. The molecule has 21 heavy (non-hydrogen) atoms. The van der Waals surface area contributed by atoms with Crippen molar-refractivity contribution < 1.29 is 0 Å². The number of benzene rings is 1. The fourth-order valence-electron chi connectivity index (χ4n) is 6.02. The first-order valence-corrected chi connectivity index (χ1v) is 8.92. The lowest BCUT2D eigenvalue weighted by Gasteiger charge is -2.59. The van der Waals surface area contributed by atoms with Gasteiger partial charge in [-0.1, -0.05) is 29.8 Å². The number of rotatable bonds is 4. The first-order valence-electron chi connectivity index (χ1n) is 8.92. The molecule has 0 radical (unpaired) electrons. The van der Waals surface area contributed by atoms with Crippen molar-refractivity contribution in [3.8, 4) is 0 Å². The van der Waals surface area contributed by atoms with Gasteiger partial charge in [-0.15, -0.1) is 0 Å². The third-order valence-electron chi connectivity index (χ3n) is 6.70. The summed E-state index contributed by atoms with van der Waals surface area (Å²) in [7, 11) is 0. The zero-order chi connectivity index (χ0) is 14.4. The number of hydrogen-bond acceptors (Lipinski definition) is 1. The van der Waals surface area contributed by atoms with Gasteiger partial charge in [0.05, 0.1) is 0 Å². The second-order valence-electron chi connectivity index (χ2n) is 8.37. The molecule has 4 saturated carbocycles. The van der Waals surface area contributed by atoms with Crippen molar-refractivity contribution in [3.63, 3.8) is 0 Å². The van der Waals surface area contributed by atoms with Crippen LogP contribution >= 0.6 is 0 Å². The fourth-order valence-corrected chi connectivity index (χ4v) is 6.02. The molecule has 4 aliphatic carbocycles. The van der Waals surface area contributed by atoms with Gasteiger partial charge in [-0.05, 0) is 81.1 Å². The van der Waals surface area contributed by atoms with Crippen LogP contribution in [0.3, 0.4) is 0 Å². The molecule has 0 aromatic heterocycles. The third kappa shape index (κ3) is 2.54. The van der Waals surface area contributed by atoms with E-state index in [1.54, 1.807) is 19.3 Å². The Kier molecular flexibility index (Phi) is 3.37. The highest BCUT2D eigenvalue weighted by Crippen LogP contribution is 2.61. The minimum absolute atomic E-state index is 0.624. The molecule has 4 fully saturated rings. The Morgan fingerprint density at radius 2 is 1.71 bits per heavy atom. The smallest absolute Gasteiger partial charge is 0.0208 e. The summed E-state index contributed by atoms with van der Waals surface area (Å²) < 4.78 is 0. The highest BCUT2D eigenvalue weighted by atomic mass is 14.9. The summed E-state index contributed by atoms with van der Waals surface area (Å²) in [5.41, 5.74) is 3.43. The summed E-state index contributed by atoms with van der Waals surface area (Å²) in [5.74, 6) is 3.17. The summed E-state index contributed by atoms with van der Waals surface area (Å²) in [6.45, 7) is 5.68. The molecule has 1 nitrogen and oxygen atoms in total. The van der Waals surface area contributed by atoms with E-state index in [1.807, 2.05) is 0 Å². The van der Waals surface area contributed by atoms with Crippen LogP contribution in [0.15, 0.2) is 24.3 Å². The summed E-state index contributed by atoms with van der Waals surface area (Å²) in [4.78, 5) is 0. The quantitative estimate of drug-likeness (QED) is 0.845. The van der Waals surface area contributed by atoms with Gasteiger partial charge in [0, 0.05) is 12.6 Å². The summed E-state index contributed by atoms with van der Waals surface area (Å²) in [6.07, 6.45) is 9.14. The van der Waals surface area contributed by atoms with E-state index < -0.39 is 0 Å². The predicted molar refractivity (Wildman–Crippen MR) is 88.1 cm³/mol. The molecule has 1 N–H and O–H groups in total. The Bertz CT molecular complexity index is 483. The monoisotopic (exact) mass is 283 g/mol. The SMILES string of the molecule is Cc1cccc(CNC(C)C23CC4CC(CC(C4)C2)C3)c1. The Morgan fingerprint density at radius 1 is 1.10 bits per heavy atom. The van der Waals surface area contributed by atoms with E-state index >= 15 is 0 Å². The zero-order valence-corrected chi connectivity index (χ0v) is 13.6. The Morgan fingerprint density at radius 3 is 2.29 bits per heavy atom. The highest BCUT2D eigenvalue weighted by molar-refractivity contribution is 5.22. The van der Waals surface area contributed by atoms with Crippen molar-refractivity contribution in [3.05, 3.63) is 35.4 Å². The van der Waals surface area contributed by atoms with E-state index in [4.69, 9.17) is 0 Å². The van der Waals surface area contributed by atoms with Crippen molar-refractivity contribution in [1.82, 2.24) is 5.32 Å². The summed E-state index contributed by atoms with van der Waals surface area (Å²) in [5, 5.41) is 3.88. The van der Waals surface area contributed by atoms with Gasteiger partial charge < -0.3 is 5.32 Å². The van der Waals surface area contributed by atoms with E-state index in [1.165, 1.54) is 30.4 Å². The molecule has 1 unspecified atom stereocenters. The Labute approximate surface area is 129 Å². The van der Waals surface area contributed by atoms with E-state index in [0.717, 1.165) is 24.3 Å². The molecule has 1 heteroatoms. The predicted octanol–water partition coefficient (Wildman–Crippen LogP) is 4.69.